The van der Waals surface area contributed by atoms with Gasteiger partial charge in [0.05, 0.1) is 23.2 Å². The molecule has 0 saturated heterocycles. The third-order valence-corrected chi connectivity index (χ3v) is 4.08. The van der Waals surface area contributed by atoms with Crippen molar-refractivity contribution in [3.05, 3.63) is 46.5 Å². The van der Waals surface area contributed by atoms with Crippen LogP contribution in [0.25, 0.3) is 21.8 Å². The first-order valence-corrected chi connectivity index (χ1v) is 8.06. The molecule has 0 aliphatic heterocycles. The number of non-ortho nitro benzene ring substituents is 1. The summed E-state index contributed by atoms with van der Waals surface area (Å²) in [6, 6.07) is 10.5. The lowest BCUT2D eigenvalue weighted by atomic mass is 10.1. The summed E-state index contributed by atoms with van der Waals surface area (Å²) in [6.45, 7) is 0.714. The molecule has 1 aromatic heterocycles. The van der Waals surface area contributed by atoms with Crippen LogP contribution in [0.5, 0.6) is 5.75 Å². The van der Waals surface area contributed by atoms with Crippen LogP contribution >= 0.6 is 12.4 Å². The molecule has 0 amide bonds. The van der Waals surface area contributed by atoms with Crippen molar-refractivity contribution in [3.63, 3.8) is 0 Å². The van der Waals surface area contributed by atoms with Crippen molar-refractivity contribution in [3.8, 4) is 5.75 Å². The maximum absolute atomic E-state index is 11.6. The third-order valence-electron chi connectivity index (χ3n) is 4.08. The number of methoxy groups -OCH3 is 1. The molecule has 138 valence electrons. The van der Waals surface area contributed by atoms with Crippen LogP contribution in [0.3, 0.4) is 0 Å². The Kier molecular flexibility index (Phi) is 6.54. The molecular formula is C18H20ClN3O4. The number of unbranched alkanes of at least 4 members (excludes halogenated alkanes) is 1. The van der Waals surface area contributed by atoms with Crippen LogP contribution in [0.15, 0.2) is 36.4 Å². The Hall–Kier alpha value is -2.64. The number of nitrogens with one attached hydrogen (secondary N) is 1. The Balaban J connectivity index is 0.00000243. The van der Waals surface area contributed by atoms with Crippen LogP contribution in [0.4, 0.5) is 11.4 Å². The minimum atomic E-state index is -0.406. The summed E-state index contributed by atoms with van der Waals surface area (Å²) in [5.74, 6) is 0.491. The third kappa shape index (κ3) is 3.63. The second-order valence-corrected chi connectivity index (χ2v) is 5.63. The van der Waals surface area contributed by atoms with Crippen LogP contribution in [0.1, 0.15) is 12.8 Å². The molecule has 26 heavy (non-hydrogen) atoms. The number of aromatic nitrogens is 1. The minimum absolute atomic E-state index is 0. The number of para-hydroxylation sites is 1. The summed E-state index contributed by atoms with van der Waals surface area (Å²) in [5.41, 5.74) is 1.85. The highest BCUT2D eigenvalue weighted by atomic mass is 35.5. The number of nitro benzene ring substituents is 1. The largest absolute Gasteiger partial charge is 0.494 e. The van der Waals surface area contributed by atoms with Gasteiger partial charge in [0.25, 0.3) is 5.69 Å². The van der Waals surface area contributed by atoms with Crippen molar-refractivity contribution in [2.75, 3.05) is 25.6 Å². The van der Waals surface area contributed by atoms with Gasteiger partial charge in [-0.1, -0.05) is 18.2 Å². The number of rotatable bonds is 7. The van der Waals surface area contributed by atoms with Gasteiger partial charge in [-0.3, -0.25) is 10.1 Å². The smallest absolute Gasteiger partial charge is 0.281 e. The predicted molar refractivity (Wildman–Crippen MR) is 105 cm³/mol. The van der Waals surface area contributed by atoms with Crippen LogP contribution in [-0.2, 0) is 0 Å². The predicted octanol–water partition coefficient (Wildman–Crippen LogP) is 3.91. The Labute approximate surface area is 156 Å². The molecule has 0 saturated carbocycles. The van der Waals surface area contributed by atoms with E-state index < -0.39 is 4.92 Å². The molecule has 0 atom stereocenters. The fraction of sp³-hybridized carbons (Fsp3) is 0.278. The molecule has 0 aliphatic rings. The zero-order chi connectivity index (χ0) is 17.8. The van der Waals surface area contributed by atoms with Crippen molar-refractivity contribution < 1.29 is 14.8 Å². The Morgan fingerprint density at radius 1 is 1.23 bits per heavy atom. The highest BCUT2D eigenvalue weighted by Crippen LogP contribution is 2.40. The van der Waals surface area contributed by atoms with E-state index in [1.165, 1.54) is 13.2 Å². The van der Waals surface area contributed by atoms with Crippen molar-refractivity contribution in [1.29, 1.82) is 0 Å². The molecular weight excluding hydrogens is 358 g/mol. The summed E-state index contributed by atoms with van der Waals surface area (Å²) in [4.78, 5) is 15.7. The molecule has 2 aromatic carbocycles. The zero-order valence-electron chi connectivity index (χ0n) is 14.3. The summed E-state index contributed by atoms with van der Waals surface area (Å²) in [6.07, 6.45) is 1.42. The summed E-state index contributed by atoms with van der Waals surface area (Å²) >= 11 is 0. The fourth-order valence-electron chi connectivity index (χ4n) is 2.91. The standard InChI is InChI=1S/C18H19N3O4.ClH/c1-25-15-9-8-14(21(23)24)16-17(19-10-4-5-11-22)12-6-2-3-7-13(12)20-18(15)16;/h2-3,6-9,22H,4-5,10-11H2,1H3,(H,19,20);1H. The second kappa shape index (κ2) is 8.64. The highest BCUT2D eigenvalue weighted by Gasteiger charge is 2.22. The first-order valence-electron chi connectivity index (χ1n) is 8.06. The number of benzene rings is 2. The van der Waals surface area contributed by atoms with E-state index in [0.29, 0.717) is 35.3 Å². The molecule has 1 heterocycles. The zero-order valence-corrected chi connectivity index (χ0v) is 15.1. The average molecular weight is 378 g/mol. The quantitative estimate of drug-likeness (QED) is 0.280. The van der Waals surface area contributed by atoms with Crippen LogP contribution in [0.2, 0.25) is 0 Å². The monoisotopic (exact) mass is 377 g/mol. The van der Waals surface area contributed by atoms with Crippen molar-refractivity contribution in [1.82, 2.24) is 4.98 Å². The number of nitro groups is 1. The molecule has 2 N–H and O–H groups in total. The van der Waals surface area contributed by atoms with Crippen molar-refractivity contribution in [2.45, 2.75) is 12.8 Å². The molecule has 0 spiro atoms. The Bertz CT molecular complexity index is 933. The van der Waals surface area contributed by atoms with Gasteiger partial charge in [-0.15, -0.1) is 12.4 Å². The maximum atomic E-state index is 11.6. The summed E-state index contributed by atoms with van der Waals surface area (Å²) < 4.78 is 5.36. The van der Waals surface area contributed by atoms with Gasteiger partial charge in [0.1, 0.15) is 16.7 Å². The van der Waals surface area contributed by atoms with E-state index in [4.69, 9.17) is 9.84 Å². The van der Waals surface area contributed by atoms with Gasteiger partial charge in [-0.25, -0.2) is 4.98 Å². The first-order chi connectivity index (χ1) is 12.2. The summed E-state index contributed by atoms with van der Waals surface area (Å²) in [5, 5.41) is 25.1. The van der Waals surface area contributed by atoms with Gasteiger partial charge in [-0.05, 0) is 25.0 Å². The van der Waals surface area contributed by atoms with E-state index in [2.05, 4.69) is 10.3 Å². The molecule has 8 heteroatoms. The van der Waals surface area contributed by atoms with E-state index >= 15 is 0 Å². The van der Waals surface area contributed by atoms with Gasteiger partial charge in [0.15, 0.2) is 0 Å². The van der Waals surface area contributed by atoms with Crippen LogP contribution in [0, 0.1) is 10.1 Å². The normalized spacial score (nSPS) is 10.5. The van der Waals surface area contributed by atoms with E-state index in [1.54, 1.807) is 6.07 Å². The second-order valence-electron chi connectivity index (χ2n) is 5.63. The molecule has 3 aromatic rings. The van der Waals surface area contributed by atoms with Crippen LogP contribution < -0.4 is 10.1 Å². The van der Waals surface area contributed by atoms with Crippen LogP contribution in [-0.4, -0.2) is 35.3 Å². The molecule has 0 aliphatic carbocycles. The van der Waals surface area contributed by atoms with Gasteiger partial charge in [-0.2, -0.15) is 0 Å². The lowest BCUT2D eigenvalue weighted by molar-refractivity contribution is -0.383. The molecule has 7 nitrogen and oxygen atoms in total. The van der Waals surface area contributed by atoms with Gasteiger partial charge >= 0.3 is 0 Å². The van der Waals surface area contributed by atoms with E-state index in [-0.39, 0.29) is 24.7 Å². The first kappa shape index (κ1) is 19.7. The average Bonchev–Trinajstić information content (AvgIpc) is 2.63. The molecule has 0 radical (unpaired) electrons. The minimum Gasteiger partial charge on any atom is -0.494 e. The number of nitrogens with zero attached hydrogens (tertiary/aromatic N) is 2. The van der Waals surface area contributed by atoms with E-state index in [1.807, 2.05) is 24.3 Å². The van der Waals surface area contributed by atoms with Gasteiger partial charge in [0.2, 0.25) is 0 Å². The Morgan fingerprint density at radius 3 is 2.69 bits per heavy atom. The number of halogens is 1. The molecule has 0 bridgehead atoms. The van der Waals surface area contributed by atoms with Crippen molar-refractivity contribution in [2.24, 2.45) is 0 Å². The SMILES string of the molecule is COc1ccc([N+](=O)[O-])c2c(NCCCCO)c3ccccc3nc12.Cl. The maximum Gasteiger partial charge on any atom is 0.281 e. The Morgan fingerprint density at radius 2 is 2.00 bits per heavy atom. The lowest BCUT2D eigenvalue weighted by Gasteiger charge is -2.14. The molecule has 0 fully saturated rings. The number of aliphatic hydroxyl groups is 1. The molecule has 3 rings (SSSR count). The fourth-order valence-corrected chi connectivity index (χ4v) is 2.91. The number of hydrogen-bond acceptors (Lipinski definition) is 6. The molecule has 0 unspecified atom stereocenters. The van der Waals surface area contributed by atoms with E-state index in [9.17, 15) is 10.1 Å². The van der Waals surface area contributed by atoms with E-state index in [0.717, 1.165) is 17.3 Å². The number of aliphatic hydroxyl groups excluding tert-OH is 1. The number of anilines is 1. The summed E-state index contributed by atoms with van der Waals surface area (Å²) in [7, 11) is 1.52. The van der Waals surface area contributed by atoms with Gasteiger partial charge in [0, 0.05) is 24.6 Å². The number of ether oxygens (including phenoxy) is 1. The van der Waals surface area contributed by atoms with Crippen molar-refractivity contribution >= 4 is 45.6 Å². The highest BCUT2D eigenvalue weighted by molar-refractivity contribution is 6.12. The number of hydrogen-bond donors (Lipinski definition) is 2. The topological polar surface area (TPSA) is 97.5 Å². The lowest BCUT2D eigenvalue weighted by Crippen LogP contribution is -2.06. The number of fused-ring (bicyclic) bond motifs is 2. The van der Waals surface area contributed by atoms with Gasteiger partial charge < -0.3 is 15.2 Å². The number of pyridine rings is 1.